The van der Waals surface area contributed by atoms with E-state index in [4.69, 9.17) is 14.2 Å². The SMILES string of the molecule is COc1ccc(C(C)(C)C(=O)N2C[C@H]3COCC[C@@]3(C(=O)O)C2)cc1OC. The Hall–Kier alpha value is -2.28. The van der Waals surface area contributed by atoms with Crippen LogP contribution in [0.3, 0.4) is 0 Å². The van der Waals surface area contributed by atoms with Gasteiger partial charge in [0.2, 0.25) is 5.91 Å². The van der Waals surface area contributed by atoms with Crippen LogP contribution in [-0.4, -0.2) is 62.4 Å². The number of methoxy groups -OCH3 is 2. The second-order valence-corrected chi connectivity index (χ2v) is 7.86. The van der Waals surface area contributed by atoms with Gasteiger partial charge in [0.15, 0.2) is 11.5 Å². The molecule has 0 radical (unpaired) electrons. The molecule has 0 aromatic heterocycles. The molecule has 0 unspecified atom stereocenters. The molecule has 0 spiro atoms. The van der Waals surface area contributed by atoms with Crippen LogP contribution in [0.1, 0.15) is 25.8 Å². The summed E-state index contributed by atoms with van der Waals surface area (Å²) in [4.78, 5) is 27.0. The minimum atomic E-state index is -0.901. The molecule has 2 aliphatic heterocycles. The summed E-state index contributed by atoms with van der Waals surface area (Å²) in [5.41, 5.74) is -0.935. The van der Waals surface area contributed by atoms with E-state index < -0.39 is 16.8 Å². The normalized spacial score (nSPS) is 25.0. The molecule has 0 bridgehead atoms. The van der Waals surface area contributed by atoms with Gasteiger partial charge in [-0.2, -0.15) is 0 Å². The number of carboxylic acid groups (broad SMARTS) is 1. The number of fused-ring (bicyclic) bond motifs is 1. The van der Waals surface area contributed by atoms with Crippen LogP contribution < -0.4 is 9.47 Å². The molecule has 27 heavy (non-hydrogen) atoms. The second-order valence-electron chi connectivity index (χ2n) is 7.86. The molecule has 1 aromatic rings. The summed E-state index contributed by atoms with van der Waals surface area (Å²) < 4.78 is 16.1. The number of nitrogens with zero attached hydrogens (tertiary/aromatic N) is 1. The zero-order valence-electron chi connectivity index (χ0n) is 16.3. The molecule has 2 aliphatic rings. The zero-order chi connectivity index (χ0) is 19.8. The lowest BCUT2D eigenvalue weighted by molar-refractivity contribution is -0.157. The van der Waals surface area contributed by atoms with Crippen LogP contribution in [0.4, 0.5) is 0 Å². The van der Waals surface area contributed by atoms with Crippen molar-refractivity contribution in [1.29, 1.82) is 0 Å². The molecule has 7 heteroatoms. The number of benzene rings is 1. The summed E-state index contributed by atoms with van der Waals surface area (Å²) >= 11 is 0. The molecular weight excluding hydrogens is 350 g/mol. The molecule has 3 rings (SSSR count). The lowest BCUT2D eigenvalue weighted by Gasteiger charge is -2.34. The molecule has 2 heterocycles. The molecule has 2 saturated heterocycles. The van der Waals surface area contributed by atoms with E-state index in [0.29, 0.717) is 37.7 Å². The van der Waals surface area contributed by atoms with Crippen molar-refractivity contribution in [3.63, 3.8) is 0 Å². The second kappa shape index (κ2) is 7.03. The van der Waals surface area contributed by atoms with Crippen molar-refractivity contribution in [2.24, 2.45) is 11.3 Å². The number of aliphatic carboxylic acids is 1. The number of likely N-dealkylation sites (tertiary alicyclic amines) is 1. The Bertz CT molecular complexity index is 746. The number of ether oxygens (including phenoxy) is 3. The zero-order valence-corrected chi connectivity index (χ0v) is 16.3. The topological polar surface area (TPSA) is 85.3 Å². The van der Waals surface area contributed by atoms with Crippen LogP contribution in [-0.2, 0) is 19.7 Å². The van der Waals surface area contributed by atoms with E-state index in [0.717, 1.165) is 5.56 Å². The van der Waals surface area contributed by atoms with Gasteiger partial charge < -0.3 is 24.2 Å². The molecule has 2 atom stereocenters. The number of carbonyl (C=O) groups is 2. The molecule has 0 saturated carbocycles. The van der Waals surface area contributed by atoms with Crippen LogP contribution >= 0.6 is 0 Å². The fourth-order valence-corrected chi connectivity index (χ4v) is 4.20. The Balaban J connectivity index is 1.88. The van der Waals surface area contributed by atoms with Gasteiger partial charge in [0.05, 0.1) is 31.7 Å². The monoisotopic (exact) mass is 377 g/mol. The highest BCUT2D eigenvalue weighted by Crippen LogP contribution is 2.44. The number of hydrogen-bond acceptors (Lipinski definition) is 5. The van der Waals surface area contributed by atoms with E-state index in [1.807, 2.05) is 19.9 Å². The van der Waals surface area contributed by atoms with E-state index in [-0.39, 0.29) is 18.4 Å². The van der Waals surface area contributed by atoms with Crippen LogP contribution in [0.25, 0.3) is 0 Å². The third-order valence-electron chi connectivity index (χ3n) is 6.06. The highest BCUT2D eigenvalue weighted by Gasteiger charge is 2.56. The van der Waals surface area contributed by atoms with Gasteiger partial charge in [0.25, 0.3) is 0 Å². The van der Waals surface area contributed by atoms with Gasteiger partial charge in [-0.15, -0.1) is 0 Å². The maximum absolute atomic E-state index is 13.3. The first-order valence-electron chi connectivity index (χ1n) is 9.09. The van der Waals surface area contributed by atoms with E-state index in [1.165, 1.54) is 0 Å². The summed E-state index contributed by atoms with van der Waals surface area (Å²) in [7, 11) is 3.12. The van der Waals surface area contributed by atoms with E-state index in [2.05, 4.69) is 0 Å². The first-order chi connectivity index (χ1) is 12.8. The van der Waals surface area contributed by atoms with Crippen molar-refractivity contribution in [1.82, 2.24) is 4.90 Å². The summed E-state index contributed by atoms with van der Waals surface area (Å²) in [6.07, 6.45) is 0.438. The number of carboxylic acids is 1. The molecular formula is C20H27NO6. The molecule has 1 aromatic carbocycles. The highest BCUT2D eigenvalue weighted by molar-refractivity contribution is 5.89. The summed E-state index contributed by atoms with van der Waals surface area (Å²) in [5, 5.41) is 9.82. The van der Waals surface area contributed by atoms with Gasteiger partial charge >= 0.3 is 5.97 Å². The van der Waals surface area contributed by atoms with Crippen molar-refractivity contribution < 1.29 is 28.9 Å². The third kappa shape index (κ3) is 3.14. The van der Waals surface area contributed by atoms with Gasteiger partial charge in [-0.3, -0.25) is 9.59 Å². The van der Waals surface area contributed by atoms with Crippen molar-refractivity contribution in [3.05, 3.63) is 23.8 Å². The standard InChI is InChI=1S/C20H27NO6/c1-19(2,13-5-6-15(25-3)16(9-13)26-4)17(22)21-10-14-11-27-8-7-20(14,12-21)18(23)24/h5-6,9,14H,7-8,10-12H2,1-4H3,(H,23,24)/t14-,20+/m0/s1. The Labute approximate surface area is 159 Å². The maximum atomic E-state index is 13.3. The number of amides is 1. The minimum absolute atomic E-state index is 0.0928. The van der Waals surface area contributed by atoms with E-state index in [9.17, 15) is 14.7 Å². The Morgan fingerprint density at radius 2 is 1.96 bits per heavy atom. The fraction of sp³-hybridized carbons (Fsp3) is 0.600. The first-order valence-corrected chi connectivity index (χ1v) is 9.09. The maximum Gasteiger partial charge on any atom is 0.311 e. The van der Waals surface area contributed by atoms with Crippen molar-refractivity contribution in [3.8, 4) is 11.5 Å². The minimum Gasteiger partial charge on any atom is -0.493 e. The first kappa shape index (κ1) is 19.5. The quantitative estimate of drug-likeness (QED) is 0.844. The largest absolute Gasteiger partial charge is 0.493 e. The lowest BCUT2D eigenvalue weighted by atomic mass is 9.74. The molecule has 1 N–H and O–H groups in total. The molecule has 7 nitrogen and oxygen atoms in total. The van der Waals surface area contributed by atoms with Gasteiger partial charge in [-0.1, -0.05) is 6.07 Å². The fourth-order valence-electron chi connectivity index (χ4n) is 4.20. The molecule has 2 fully saturated rings. The molecule has 148 valence electrons. The van der Waals surface area contributed by atoms with Gasteiger partial charge in [-0.25, -0.2) is 0 Å². The highest BCUT2D eigenvalue weighted by atomic mass is 16.5. The average Bonchev–Trinajstić information content (AvgIpc) is 3.07. The van der Waals surface area contributed by atoms with Gasteiger partial charge in [-0.05, 0) is 38.0 Å². The Morgan fingerprint density at radius 3 is 2.56 bits per heavy atom. The molecule has 0 aliphatic carbocycles. The van der Waals surface area contributed by atoms with Crippen LogP contribution in [0.5, 0.6) is 11.5 Å². The summed E-state index contributed by atoms with van der Waals surface area (Å²) in [6, 6.07) is 5.42. The van der Waals surface area contributed by atoms with Crippen molar-refractivity contribution in [2.45, 2.75) is 25.7 Å². The number of rotatable bonds is 5. The predicted octanol–water partition coefficient (Wildman–Crippen LogP) is 1.93. The average molecular weight is 377 g/mol. The van der Waals surface area contributed by atoms with E-state index in [1.54, 1.807) is 31.3 Å². The van der Waals surface area contributed by atoms with Crippen LogP contribution in [0, 0.1) is 11.3 Å². The number of carbonyl (C=O) groups excluding carboxylic acids is 1. The van der Waals surface area contributed by atoms with Crippen molar-refractivity contribution >= 4 is 11.9 Å². The number of hydrogen-bond donors (Lipinski definition) is 1. The smallest absolute Gasteiger partial charge is 0.311 e. The Morgan fingerprint density at radius 1 is 1.26 bits per heavy atom. The van der Waals surface area contributed by atoms with Gasteiger partial charge in [0.1, 0.15) is 0 Å². The third-order valence-corrected chi connectivity index (χ3v) is 6.06. The Kier molecular flexibility index (Phi) is 5.08. The van der Waals surface area contributed by atoms with Crippen molar-refractivity contribution in [2.75, 3.05) is 40.5 Å². The summed E-state index contributed by atoms with van der Waals surface area (Å²) in [6.45, 7) is 5.13. The molecule has 1 amide bonds. The predicted molar refractivity (Wildman–Crippen MR) is 98.1 cm³/mol. The summed E-state index contributed by atoms with van der Waals surface area (Å²) in [5.74, 6) is 0.0497. The van der Waals surface area contributed by atoms with Crippen LogP contribution in [0.15, 0.2) is 18.2 Å². The lowest BCUT2D eigenvalue weighted by Crippen LogP contribution is -2.46. The van der Waals surface area contributed by atoms with E-state index >= 15 is 0 Å². The van der Waals surface area contributed by atoms with Crippen LogP contribution in [0.2, 0.25) is 0 Å². The van der Waals surface area contributed by atoms with Gasteiger partial charge in [0, 0.05) is 25.6 Å².